The second kappa shape index (κ2) is 8.71. The molecule has 7 heteroatoms. The summed E-state index contributed by atoms with van der Waals surface area (Å²) in [6.07, 6.45) is 4.21. The summed E-state index contributed by atoms with van der Waals surface area (Å²) >= 11 is 6.36. The number of carbonyl (C=O) groups excluding carboxylic acids is 1. The number of hydrogen-bond donors (Lipinski definition) is 1. The maximum absolute atomic E-state index is 12.8. The maximum Gasteiger partial charge on any atom is 0.222 e. The first kappa shape index (κ1) is 20.1. The average Bonchev–Trinajstić information content (AvgIpc) is 3.23. The third-order valence-electron chi connectivity index (χ3n) is 6.09. The van der Waals surface area contributed by atoms with Gasteiger partial charge in [-0.1, -0.05) is 23.7 Å². The van der Waals surface area contributed by atoms with E-state index >= 15 is 0 Å². The average molecular weight is 440 g/mol. The van der Waals surface area contributed by atoms with E-state index in [0.29, 0.717) is 19.6 Å². The van der Waals surface area contributed by atoms with Crippen molar-refractivity contribution in [3.63, 3.8) is 0 Å². The van der Waals surface area contributed by atoms with Gasteiger partial charge in [0.15, 0.2) is 11.5 Å². The van der Waals surface area contributed by atoms with Gasteiger partial charge in [-0.3, -0.25) is 4.79 Å². The Morgan fingerprint density at radius 1 is 1.03 bits per heavy atom. The molecule has 0 unspecified atom stereocenters. The molecule has 5 rings (SSSR count). The molecule has 0 saturated carbocycles. The Morgan fingerprint density at radius 2 is 1.84 bits per heavy atom. The zero-order valence-corrected chi connectivity index (χ0v) is 18.2. The molecule has 1 N–H and O–H groups in total. The van der Waals surface area contributed by atoms with E-state index in [1.54, 1.807) is 0 Å². The van der Waals surface area contributed by atoms with Crippen molar-refractivity contribution in [3.8, 4) is 11.5 Å². The molecule has 1 amide bonds. The predicted molar refractivity (Wildman–Crippen MR) is 122 cm³/mol. The van der Waals surface area contributed by atoms with Crippen LogP contribution in [0.1, 0.15) is 18.4 Å². The number of hydrogen-bond acceptors (Lipinski definition) is 4. The molecule has 3 heterocycles. The van der Waals surface area contributed by atoms with E-state index in [1.807, 2.05) is 41.4 Å². The highest BCUT2D eigenvalue weighted by Crippen LogP contribution is 2.39. The number of H-pyrrole nitrogens is 1. The Hall–Kier alpha value is -2.86. The van der Waals surface area contributed by atoms with Gasteiger partial charge in [-0.25, -0.2) is 0 Å². The zero-order valence-electron chi connectivity index (χ0n) is 17.4. The normalized spacial score (nSPS) is 16.0. The van der Waals surface area contributed by atoms with E-state index in [-0.39, 0.29) is 5.91 Å². The molecular formula is C24H26ClN3O3. The van der Waals surface area contributed by atoms with Crippen molar-refractivity contribution >= 4 is 34.1 Å². The topological polar surface area (TPSA) is 57.8 Å². The van der Waals surface area contributed by atoms with Gasteiger partial charge in [-0.05, 0) is 42.7 Å². The van der Waals surface area contributed by atoms with Gasteiger partial charge in [0.2, 0.25) is 5.91 Å². The van der Waals surface area contributed by atoms with Crippen LogP contribution in [0.25, 0.3) is 10.9 Å². The smallest absolute Gasteiger partial charge is 0.222 e. The number of anilines is 1. The van der Waals surface area contributed by atoms with Crippen molar-refractivity contribution in [2.75, 3.05) is 44.3 Å². The van der Waals surface area contributed by atoms with Gasteiger partial charge in [-0.15, -0.1) is 0 Å². The van der Waals surface area contributed by atoms with Crippen LogP contribution in [0.15, 0.2) is 42.6 Å². The molecule has 6 nitrogen and oxygen atoms in total. The number of para-hydroxylation sites is 1. The largest absolute Gasteiger partial charge is 0.486 e. The molecular weight excluding hydrogens is 414 g/mol. The lowest BCUT2D eigenvalue weighted by atomic mass is 10.1. The van der Waals surface area contributed by atoms with Crippen LogP contribution in [0.5, 0.6) is 11.5 Å². The summed E-state index contributed by atoms with van der Waals surface area (Å²) in [4.78, 5) is 20.3. The number of rotatable bonds is 5. The number of fused-ring (bicyclic) bond motifs is 2. The Morgan fingerprint density at radius 3 is 2.71 bits per heavy atom. The molecule has 0 radical (unpaired) electrons. The Labute approximate surface area is 186 Å². The quantitative estimate of drug-likeness (QED) is 0.645. The van der Waals surface area contributed by atoms with Crippen LogP contribution >= 0.6 is 11.6 Å². The van der Waals surface area contributed by atoms with Gasteiger partial charge in [-0.2, -0.15) is 0 Å². The first-order valence-corrected chi connectivity index (χ1v) is 11.2. The minimum atomic E-state index is 0.222. The summed E-state index contributed by atoms with van der Waals surface area (Å²) < 4.78 is 11.5. The molecule has 2 aliphatic rings. The standard InChI is InChI=1S/C24H26ClN3O3/c25-18-5-2-6-19-23(18)17(16-26-19)4-1-9-22(29)28-12-10-27(11-13-28)20-7-3-8-21-24(20)31-15-14-30-21/h2-3,5-8,16,26H,1,4,9-15H2. The van der Waals surface area contributed by atoms with Crippen LogP contribution in [0.2, 0.25) is 5.02 Å². The summed E-state index contributed by atoms with van der Waals surface area (Å²) in [6.45, 7) is 4.20. The number of nitrogens with zero attached hydrogens (tertiary/aromatic N) is 2. The van der Waals surface area contributed by atoms with Gasteiger partial charge in [0.25, 0.3) is 0 Å². The summed E-state index contributed by atoms with van der Waals surface area (Å²) in [6, 6.07) is 11.9. The van der Waals surface area contributed by atoms with E-state index in [1.165, 1.54) is 5.56 Å². The van der Waals surface area contributed by atoms with Crippen molar-refractivity contribution in [3.05, 3.63) is 53.2 Å². The van der Waals surface area contributed by atoms with Gasteiger partial charge >= 0.3 is 0 Å². The Bertz CT molecular complexity index is 1090. The number of amides is 1. The highest BCUT2D eigenvalue weighted by Gasteiger charge is 2.25. The maximum atomic E-state index is 12.8. The number of aromatic nitrogens is 1. The lowest BCUT2D eigenvalue weighted by Crippen LogP contribution is -2.49. The van der Waals surface area contributed by atoms with Crippen LogP contribution in [0, 0.1) is 0 Å². The van der Waals surface area contributed by atoms with Crippen molar-refractivity contribution < 1.29 is 14.3 Å². The summed E-state index contributed by atoms with van der Waals surface area (Å²) in [5.41, 5.74) is 3.28. The van der Waals surface area contributed by atoms with Crippen LogP contribution in [0.3, 0.4) is 0 Å². The second-order valence-electron chi connectivity index (χ2n) is 8.00. The van der Waals surface area contributed by atoms with Gasteiger partial charge < -0.3 is 24.3 Å². The van der Waals surface area contributed by atoms with E-state index in [2.05, 4.69) is 16.0 Å². The number of benzene rings is 2. The molecule has 0 atom stereocenters. The monoisotopic (exact) mass is 439 g/mol. The first-order chi connectivity index (χ1) is 15.2. The molecule has 1 aromatic heterocycles. The highest BCUT2D eigenvalue weighted by molar-refractivity contribution is 6.35. The molecule has 31 heavy (non-hydrogen) atoms. The van der Waals surface area contributed by atoms with Gasteiger partial charge in [0.1, 0.15) is 13.2 Å². The van der Waals surface area contributed by atoms with Crippen molar-refractivity contribution in [2.24, 2.45) is 0 Å². The Balaban J connectivity index is 1.15. The fourth-order valence-electron chi connectivity index (χ4n) is 4.50. The summed E-state index contributed by atoms with van der Waals surface area (Å²) in [7, 11) is 0. The lowest BCUT2D eigenvalue weighted by molar-refractivity contribution is -0.131. The molecule has 1 saturated heterocycles. The lowest BCUT2D eigenvalue weighted by Gasteiger charge is -2.37. The van der Waals surface area contributed by atoms with Crippen molar-refractivity contribution in [2.45, 2.75) is 19.3 Å². The molecule has 3 aromatic rings. The number of piperazine rings is 1. The number of halogens is 1. The van der Waals surface area contributed by atoms with E-state index in [0.717, 1.165) is 72.1 Å². The molecule has 0 bridgehead atoms. The molecule has 0 aliphatic carbocycles. The molecule has 2 aliphatic heterocycles. The first-order valence-electron chi connectivity index (χ1n) is 10.9. The number of aromatic amines is 1. The minimum Gasteiger partial charge on any atom is -0.486 e. The van der Waals surface area contributed by atoms with Crippen LogP contribution in [0.4, 0.5) is 5.69 Å². The van der Waals surface area contributed by atoms with Crippen LogP contribution in [-0.2, 0) is 11.2 Å². The summed E-state index contributed by atoms with van der Waals surface area (Å²) in [5.74, 6) is 1.85. The van der Waals surface area contributed by atoms with Crippen LogP contribution < -0.4 is 14.4 Å². The SMILES string of the molecule is O=C(CCCc1c[nH]c2cccc(Cl)c12)N1CCN(c2cccc3c2OCCO3)CC1. The number of aryl methyl sites for hydroxylation is 1. The molecule has 1 fully saturated rings. The highest BCUT2D eigenvalue weighted by atomic mass is 35.5. The van der Waals surface area contributed by atoms with Crippen LogP contribution in [-0.4, -0.2) is 55.2 Å². The van der Waals surface area contributed by atoms with E-state index in [4.69, 9.17) is 21.1 Å². The third kappa shape index (κ3) is 4.04. The molecule has 2 aromatic carbocycles. The second-order valence-corrected chi connectivity index (χ2v) is 8.41. The van der Waals surface area contributed by atoms with E-state index in [9.17, 15) is 4.79 Å². The molecule has 162 valence electrons. The minimum absolute atomic E-state index is 0.222. The third-order valence-corrected chi connectivity index (χ3v) is 6.41. The zero-order chi connectivity index (χ0) is 21.2. The Kier molecular flexibility index (Phi) is 5.64. The van der Waals surface area contributed by atoms with Crippen molar-refractivity contribution in [1.82, 2.24) is 9.88 Å². The fraction of sp³-hybridized carbons (Fsp3) is 0.375. The predicted octanol–water partition coefficient (Wildman–Crippen LogP) is 4.26. The summed E-state index contributed by atoms with van der Waals surface area (Å²) in [5, 5.41) is 1.83. The van der Waals surface area contributed by atoms with Crippen molar-refractivity contribution in [1.29, 1.82) is 0 Å². The fourth-order valence-corrected chi connectivity index (χ4v) is 4.79. The van der Waals surface area contributed by atoms with Gasteiger partial charge in [0, 0.05) is 49.7 Å². The number of ether oxygens (including phenoxy) is 2. The number of carbonyl (C=O) groups is 1. The van der Waals surface area contributed by atoms with E-state index < -0.39 is 0 Å². The molecule has 0 spiro atoms. The number of nitrogens with one attached hydrogen (secondary N) is 1. The van der Waals surface area contributed by atoms with Gasteiger partial charge in [0.05, 0.1) is 10.7 Å².